The summed E-state index contributed by atoms with van der Waals surface area (Å²) in [5.74, 6) is 0.136. The molecule has 1 fully saturated rings. The third-order valence-electron chi connectivity index (χ3n) is 4.04. The van der Waals surface area contributed by atoms with Crippen LogP contribution in [0, 0.1) is 0 Å². The lowest BCUT2D eigenvalue weighted by Crippen LogP contribution is -2.50. The molecule has 0 bridgehead atoms. The highest BCUT2D eigenvalue weighted by molar-refractivity contribution is 6.30. The molecular formula is C17H26ClN3O. The molecule has 0 spiro atoms. The molecule has 0 unspecified atom stereocenters. The lowest BCUT2D eigenvalue weighted by molar-refractivity contribution is -0.122. The van der Waals surface area contributed by atoms with Crippen LogP contribution in [-0.2, 0) is 4.79 Å². The zero-order valence-corrected chi connectivity index (χ0v) is 14.3. The molecule has 5 heteroatoms. The maximum absolute atomic E-state index is 12.0. The molecule has 0 aliphatic carbocycles. The summed E-state index contributed by atoms with van der Waals surface area (Å²) in [5.41, 5.74) is 1.16. The minimum Gasteiger partial charge on any atom is -0.369 e. The van der Waals surface area contributed by atoms with E-state index in [0.717, 1.165) is 49.7 Å². The third-order valence-corrected chi connectivity index (χ3v) is 4.28. The minimum atomic E-state index is 0.136. The molecule has 1 heterocycles. The lowest BCUT2D eigenvalue weighted by Gasteiger charge is -2.36. The van der Waals surface area contributed by atoms with Crippen molar-refractivity contribution < 1.29 is 4.79 Å². The fourth-order valence-electron chi connectivity index (χ4n) is 2.87. The maximum Gasteiger partial charge on any atom is 0.234 e. The molecule has 1 aromatic rings. The van der Waals surface area contributed by atoms with E-state index in [4.69, 9.17) is 11.6 Å². The van der Waals surface area contributed by atoms with Crippen LogP contribution in [0.25, 0.3) is 0 Å². The van der Waals surface area contributed by atoms with E-state index in [-0.39, 0.29) is 11.9 Å². The van der Waals surface area contributed by atoms with E-state index in [9.17, 15) is 4.79 Å². The van der Waals surface area contributed by atoms with Crippen LogP contribution in [0.5, 0.6) is 0 Å². The van der Waals surface area contributed by atoms with Gasteiger partial charge in [-0.05, 0) is 31.5 Å². The second kappa shape index (κ2) is 8.39. The number of hydrogen-bond donors (Lipinski definition) is 1. The molecular weight excluding hydrogens is 298 g/mol. The van der Waals surface area contributed by atoms with Crippen molar-refractivity contribution in [3.8, 4) is 0 Å². The summed E-state index contributed by atoms with van der Waals surface area (Å²) >= 11 is 6.05. The number of halogens is 1. The van der Waals surface area contributed by atoms with Gasteiger partial charge < -0.3 is 10.2 Å². The number of rotatable bonds is 6. The molecule has 1 aliphatic heterocycles. The number of benzene rings is 1. The first kappa shape index (κ1) is 17.1. The first-order valence-corrected chi connectivity index (χ1v) is 8.48. The van der Waals surface area contributed by atoms with Crippen molar-refractivity contribution >= 4 is 23.2 Å². The van der Waals surface area contributed by atoms with Gasteiger partial charge in [0.05, 0.1) is 6.54 Å². The normalized spacial score (nSPS) is 17.3. The summed E-state index contributed by atoms with van der Waals surface area (Å²) in [5, 5.41) is 3.83. The molecule has 1 N–H and O–H groups in total. The molecule has 122 valence electrons. The number of nitrogens with one attached hydrogen (secondary N) is 1. The van der Waals surface area contributed by atoms with Gasteiger partial charge >= 0.3 is 0 Å². The van der Waals surface area contributed by atoms with Crippen LogP contribution < -0.4 is 10.2 Å². The Morgan fingerprint density at radius 2 is 2.05 bits per heavy atom. The third kappa shape index (κ3) is 5.18. The van der Waals surface area contributed by atoms with Gasteiger partial charge in [-0.25, -0.2) is 0 Å². The van der Waals surface area contributed by atoms with Gasteiger partial charge in [-0.1, -0.05) is 31.0 Å². The first-order valence-electron chi connectivity index (χ1n) is 8.10. The van der Waals surface area contributed by atoms with Gasteiger partial charge in [-0.15, -0.1) is 0 Å². The van der Waals surface area contributed by atoms with Crippen molar-refractivity contribution in [1.82, 2.24) is 10.2 Å². The van der Waals surface area contributed by atoms with Gasteiger partial charge in [0.15, 0.2) is 0 Å². The van der Waals surface area contributed by atoms with E-state index in [0.29, 0.717) is 6.54 Å². The predicted octanol–water partition coefficient (Wildman–Crippen LogP) is 2.77. The van der Waals surface area contributed by atoms with Gasteiger partial charge in [0.2, 0.25) is 5.91 Å². The molecule has 1 amide bonds. The number of piperazine rings is 1. The van der Waals surface area contributed by atoms with Crippen LogP contribution in [0.15, 0.2) is 24.3 Å². The smallest absolute Gasteiger partial charge is 0.234 e. The number of anilines is 1. The molecule has 0 radical (unpaired) electrons. The van der Waals surface area contributed by atoms with Crippen molar-refractivity contribution in [2.24, 2.45) is 0 Å². The fourth-order valence-corrected chi connectivity index (χ4v) is 3.05. The zero-order chi connectivity index (χ0) is 15.9. The molecule has 1 aliphatic rings. The largest absolute Gasteiger partial charge is 0.369 e. The van der Waals surface area contributed by atoms with E-state index in [1.165, 1.54) is 0 Å². The van der Waals surface area contributed by atoms with Gasteiger partial charge in [-0.3, -0.25) is 9.69 Å². The van der Waals surface area contributed by atoms with Crippen molar-refractivity contribution in [1.29, 1.82) is 0 Å². The summed E-state index contributed by atoms with van der Waals surface area (Å²) in [7, 11) is 0. The molecule has 2 rings (SSSR count). The van der Waals surface area contributed by atoms with Crippen LogP contribution >= 0.6 is 11.6 Å². The number of nitrogens with zero attached hydrogens (tertiary/aromatic N) is 2. The van der Waals surface area contributed by atoms with E-state index < -0.39 is 0 Å². The fraction of sp³-hybridized carbons (Fsp3) is 0.588. The first-order chi connectivity index (χ1) is 10.6. The zero-order valence-electron chi connectivity index (χ0n) is 13.5. The Bertz CT molecular complexity index is 487. The highest BCUT2D eigenvalue weighted by atomic mass is 35.5. The summed E-state index contributed by atoms with van der Waals surface area (Å²) in [6.07, 6.45) is 2.13. The van der Waals surface area contributed by atoms with Gasteiger partial charge in [0, 0.05) is 42.9 Å². The Balaban J connectivity index is 1.76. The molecule has 4 nitrogen and oxygen atoms in total. The Hall–Kier alpha value is -1.26. The van der Waals surface area contributed by atoms with Gasteiger partial charge in [-0.2, -0.15) is 0 Å². The summed E-state index contributed by atoms with van der Waals surface area (Å²) < 4.78 is 0. The predicted molar refractivity (Wildman–Crippen MR) is 92.6 cm³/mol. The number of carbonyl (C=O) groups is 1. The monoisotopic (exact) mass is 323 g/mol. The summed E-state index contributed by atoms with van der Waals surface area (Å²) in [4.78, 5) is 16.5. The number of carbonyl (C=O) groups excluding carboxylic acids is 1. The van der Waals surface area contributed by atoms with E-state index in [2.05, 4.69) is 35.0 Å². The van der Waals surface area contributed by atoms with Gasteiger partial charge in [0.25, 0.3) is 0 Å². The number of hydrogen-bond acceptors (Lipinski definition) is 3. The molecule has 0 aromatic heterocycles. The van der Waals surface area contributed by atoms with Crippen LogP contribution in [0.1, 0.15) is 26.7 Å². The molecule has 1 atom stereocenters. The van der Waals surface area contributed by atoms with Gasteiger partial charge in [0.1, 0.15) is 0 Å². The van der Waals surface area contributed by atoms with Crippen LogP contribution in [0.3, 0.4) is 0 Å². The highest BCUT2D eigenvalue weighted by Gasteiger charge is 2.19. The Morgan fingerprint density at radius 3 is 2.68 bits per heavy atom. The average Bonchev–Trinajstić information content (AvgIpc) is 2.48. The van der Waals surface area contributed by atoms with Crippen LogP contribution in [-0.4, -0.2) is 49.6 Å². The Kier molecular flexibility index (Phi) is 6.52. The van der Waals surface area contributed by atoms with E-state index in [1.54, 1.807) is 0 Å². The second-order valence-electron chi connectivity index (χ2n) is 6.00. The Labute approximate surface area is 138 Å². The molecule has 1 aromatic carbocycles. The maximum atomic E-state index is 12.0. The standard InChI is InChI=1S/C17H26ClN3O/c1-3-5-14(2)19-17(22)13-20-8-10-21(11-9-20)16-7-4-6-15(18)12-16/h4,6-7,12,14H,3,5,8-11,13H2,1-2H3,(H,19,22)/t14-/m0/s1. The topological polar surface area (TPSA) is 35.6 Å². The number of amides is 1. The average molecular weight is 324 g/mol. The van der Waals surface area contributed by atoms with E-state index in [1.807, 2.05) is 18.2 Å². The molecule has 1 saturated heterocycles. The SMILES string of the molecule is CCC[C@H](C)NC(=O)CN1CCN(c2cccc(Cl)c2)CC1. The molecule has 22 heavy (non-hydrogen) atoms. The van der Waals surface area contributed by atoms with Crippen molar-refractivity contribution in [2.75, 3.05) is 37.6 Å². The summed E-state index contributed by atoms with van der Waals surface area (Å²) in [6.45, 7) is 8.37. The summed E-state index contributed by atoms with van der Waals surface area (Å²) in [6, 6.07) is 8.22. The van der Waals surface area contributed by atoms with Crippen molar-refractivity contribution in [2.45, 2.75) is 32.7 Å². The second-order valence-corrected chi connectivity index (χ2v) is 6.44. The highest BCUT2D eigenvalue weighted by Crippen LogP contribution is 2.20. The quantitative estimate of drug-likeness (QED) is 0.874. The van der Waals surface area contributed by atoms with Crippen LogP contribution in [0.2, 0.25) is 5.02 Å². The Morgan fingerprint density at radius 1 is 1.32 bits per heavy atom. The lowest BCUT2D eigenvalue weighted by atomic mass is 10.2. The van der Waals surface area contributed by atoms with Crippen LogP contribution in [0.4, 0.5) is 5.69 Å². The minimum absolute atomic E-state index is 0.136. The van der Waals surface area contributed by atoms with Crippen molar-refractivity contribution in [3.63, 3.8) is 0 Å². The van der Waals surface area contributed by atoms with Crippen molar-refractivity contribution in [3.05, 3.63) is 29.3 Å². The van der Waals surface area contributed by atoms with E-state index >= 15 is 0 Å². The molecule has 0 saturated carbocycles.